The molecule has 0 saturated heterocycles. The van der Waals surface area contributed by atoms with Crippen molar-refractivity contribution in [1.82, 2.24) is 15.1 Å². The first-order valence-electron chi connectivity index (χ1n) is 7.81. The van der Waals surface area contributed by atoms with E-state index in [1.807, 2.05) is 25.5 Å². The largest absolute Gasteiger partial charge is 0.481 e. The molecule has 0 fully saturated rings. The minimum Gasteiger partial charge on any atom is -0.481 e. The highest BCUT2D eigenvalue weighted by Crippen LogP contribution is 2.21. The van der Waals surface area contributed by atoms with Crippen molar-refractivity contribution in [2.24, 2.45) is 5.92 Å². The summed E-state index contributed by atoms with van der Waals surface area (Å²) in [6.07, 6.45) is 2.62. The number of carboxylic acids is 1. The first kappa shape index (κ1) is 18.2. The summed E-state index contributed by atoms with van der Waals surface area (Å²) in [5.74, 6) is -0.722. The highest BCUT2D eigenvalue weighted by molar-refractivity contribution is 5.95. The fourth-order valence-electron chi connectivity index (χ4n) is 2.52. The topological polar surface area (TPSA) is 84.2 Å². The second-order valence-corrected chi connectivity index (χ2v) is 6.23. The van der Waals surface area contributed by atoms with Crippen LogP contribution in [0, 0.1) is 12.8 Å². The average Bonchev–Trinajstić information content (AvgIpc) is 2.78. The van der Waals surface area contributed by atoms with Gasteiger partial charge in [-0.25, -0.2) is 0 Å². The van der Waals surface area contributed by atoms with Gasteiger partial charge in [-0.05, 0) is 25.7 Å². The number of carbonyl (C=O) groups is 2. The lowest BCUT2D eigenvalue weighted by atomic mass is 9.88. The van der Waals surface area contributed by atoms with E-state index in [0.717, 1.165) is 12.2 Å². The molecule has 0 aromatic carbocycles. The maximum atomic E-state index is 12.5. The summed E-state index contributed by atoms with van der Waals surface area (Å²) in [6, 6.07) is 0. The summed E-state index contributed by atoms with van der Waals surface area (Å²) in [5.41, 5.74) is 0.607. The average molecular weight is 309 g/mol. The molecule has 1 rings (SSSR count). The zero-order chi connectivity index (χ0) is 16.9. The zero-order valence-corrected chi connectivity index (χ0v) is 14.1. The van der Waals surface area contributed by atoms with Crippen molar-refractivity contribution in [1.29, 1.82) is 0 Å². The van der Waals surface area contributed by atoms with Crippen LogP contribution in [0.25, 0.3) is 0 Å². The lowest BCUT2D eigenvalue weighted by Gasteiger charge is -2.31. The zero-order valence-electron chi connectivity index (χ0n) is 14.1. The van der Waals surface area contributed by atoms with Crippen LogP contribution < -0.4 is 5.32 Å². The molecule has 1 aromatic heterocycles. The van der Waals surface area contributed by atoms with Crippen LogP contribution in [-0.4, -0.2) is 32.3 Å². The van der Waals surface area contributed by atoms with E-state index in [2.05, 4.69) is 24.3 Å². The van der Waals surface area contributed by atoms with Gasteiger partial charge in [0.1, 0.15) is 0 Å². The van der Waals surface area contributed by atoms with Gasteiger partial charge in [-0.2, -0.15) is 5.10 Å². The number of carboxylic acid groups (broad SMARTS) is 1. The summed E-state index contributed by atoms with van der Waals surface area (Å²) in [5, 5.41) is 16.3. The van der Waals surface area contributed by atoms with E-state index < -0.39 is 11.5 Å². The Hall–Kier alpha value is -1.85. The summed E-state index contributed by atoms with van der Waals surface area (Å²) in [4.78, 5) is 23.6. The van der Waals surface area contributed by atoms with E-state index in [0.29, 0.717) is 24.3 Å². The molecule has 1 heterocycles. The van der Waals surface area contributed by atoms with Crippen molar-refractivity contribution >= 4 is 11.9 Å². The molecule has 0 bridgehead atoms. The van der Waals surface area contributed by atoms with E-state index in [4.69, 9.17) is 5.11 Å². The molecule has 0 saturated carbocycles. The van der Waals surface area contributed by atoms with Crippen LogP contribution in [0.3, 0.4) is 0 Å². The van der Waals surface area contributed by atoms with Crippen LogP contribution in [0.2, 0.25) is 0 Å². The van der Waals surface area contributed by atoms with E-state index >= 15 is 0 Å². The van der Waals surface area contributed by atoms with Crippen molar-refractivity contribution in [3.8, 4) is 0 Å². The number of hydrogen-bond donors (Lipinski definition) is 2. The highest BCUT2D eigenvalue weighted by atomic mass is 16.4. The van der Waals surface area contributed by atoms with Gasteiger partial charge in [0.05, 0.1) is 23.7 Å². The molecule has 0 aliphatic rings. The van der Waals surface area contributed by atoms with Gasteiger partial charge < -0.3 is 10.4 Å². The van der Waals surface area contributed by atoms with Gasteiger partial charge in [0.2, 0.25) is 0 Å². The van der Waals surface area contributed by atoms with Gasteiger partial charge in [-0.15, -0.1) is 0 Å². The molecule has 1 aromatic rings. The van der Waals surface area contributed by atoms with E-state index in [-0.39, 0.29) is 12.3 Å². The monoisotopic (exact) mass is 309 g/mol. The van der Waals surface area contributed by atoms with Crippen LogP contribution >= 0.6 is 0 Å². The molecular formula is C16H27N3O3. The molecule has 0 aliphatic heterocycles. The predicted molar refractivity (Wildman–Crippen MR) is 84.8 cm³/mol. The van der Waals surface area contributed by atoms with Crippen LogP contribution in [-0.2, 0) is 11.3 Å². The van der Waals surface area contributed by atoms with Crippen molar-refractivity contribution in [2.75, 3.05) is 0 Å². The minimum atomic E-state index is -0.906. The minimum absolute atomic E-state index is 0.0785. The van der Waals surface area contributed by atoms with Crippen molar-refractivity contribution in [3.63, 3.8) is 0 Å². The van der Waals surface area contributed by atoms with E-state index in [1.54, 1.807) is 6.20 Å². The van der Waals surface area contributed by atoms with Gasteiger partial charge in [0, 0.05) is 12.2 Å². The quantitative estimate of drug-likeness (QED) is 0.773. The summed E-state index contributed by atoms with van der Waals surface area (Å²) in [7, 11) is 0. The van der Waals surface area contributed by atoms with Gasteiger partial charge >= 0.3 is 5.97 Å². The summed E-state index contributed by atoms with van der Waals surface area (Å²) < 4.78 is 1.82. The molecule has 0 spiro atoms. The van der Waals surface area contributed by atoms with Crippen LogP contribution in [0.1, 0.15) is 63.0 Å². The standard InChI is InChI=1S/C16H27N3O3/c1-6-16(7-2,8-14(20)21)18-15(22)13-9-17-19(12(13)5)10-11(3)4/h9,11H,6-8,10H2,1-5H3,(H,18,22)(H,20,21). The molecular weight excluding hydrogens is 282 g/mol. The molecule has 0 unspecified atom stereocenters. The summed E-state index contributed by atoms with van der Waals surface area (Å²) >= 11 is 0. The third kappa shape index (κ3) is 4.32. The molecule has 0 aliphatic carbocycles. The first-order valence-corrected chi connectivity index (χ1v) is 7.81. The van der Waals surface area contributed by atoms with Crippen LogP contribution in [0.4, 0.5) is 0 Å². The first-order chi connectivity index (χ1) is 10.2. The Balaban J connectivity index is 2.96. The number of carbonyl (C=O) groups excluding carboxylic acids is 1. The Morgan fingerprint density at radius 1 is 1.36 bits per heavy atom. The maximum Gasteiger partial charge on any atom is 0.305 e. The fraction of sp³-hybridized carbons (Fsp3) is 0.688. The number of rotatable bonds is 8. The molecule has 0 radical (unpaired) electrons. The Kier molecular flexibility index (Phi) is 6.14. The van der Waals surface area contributed by atoms with Crippen molar-refractivity contribution < 1.29 is 14.7 Å². The second kappa shape index (κ2) is 7.42. The molecule has 0 atom stereocenters. The molecule has 124 valence electrons. The lowest BCUT2D eigenvalue weighted by Crippen LogP contribution is -2.49. The Morgan fingerprint density at radius 3 is 2.41 bits per heavy atom. The normalized spacial score (nSPS) is 11.7. The number of nitrogens with zero attached hydrogens (tertiary/aromatic N) is 2. The van der Waals surface area contributed by atoms with Gasteiger partial charge in [-0.3, -0.25) is 14.3 Å². The fourth-order valence-corrected chi connectivity index (χ4v) is 2.52. The maximum absolute atomic E-state index is 12.5. The Labute approximate surface area is 131 Å². The summed E-state index contributed by atoms with van der Waals surface area (Å²) in [6.45, 7) is 10.6. The van der Waals surface area contributed by atoms with Gasteiger partial charge in [0.25, 0.3) is 5.91 Å². The smallest absolute Gasteiger partial charge is 0.305 e. The molecule has 1 amide bonds. The third-order valence-electron chi connectivity index (χ3n) is 4.11. The number of aromatic nitrogens is 2. The van der Waals surface area contributed by atoms with Crippen molar-refractivity contribution in [3.05, 3.63) is 17.5 Å². The van der Waals surface area contributed by atoms with Crippen LogP contribution in [0.15, 0.2) is 6.20 Å². The van der Waals surface area contributed by atoms with Gasteiger partial charge in [-0.1, -0.05) is 27.7 Å². The van der Waals surface area contributed by atoms with E-state index in [9.17, 15) is 9.59 Å². The molecule has 6 heteroatoms. The SMILES string of the molecule is CCC(CC)(CC(=O)O)NC(=O)c1cnn(CC(C)C)c1C. The lowest BCUT2D eigenvalue weighted by molar-refractivity contribution is -0.138. The molecule has 6 nitrogen and oxygen atoms in total. The Morgan fingerprint density at radius 2 is 1.95 bits per heavy atom. The van der Waals surface area contributed by atoms with Gasteiger partial charge in [0.15, 0.2) is 0 Å². The molecule has 22 heavy (non-hydrogen) atoms. The third-order valence-corrected chi connectivity index (χ3v) is 4.11. The number of hydrogen-bond acceptors (Lipinski definition) is 3. The number of aliphatic carboxylic acids is 1. The predicted octanol–water partition coefficient (Wildman–Crippen LogP) is 2.61. The Bertz CT molecular complexity index is 531. The number of amides is 1. The molecule has 2 N–H and O–H groups in total. The van der Waals surface area contributed by atoms with E-state index in [1.165, 1.54) is 0 Å². The highest BCUT2D eigenvalue weighted by Gasteiger charge is 2.32. The number of nitrogens with one attached hydrogen (secondary N) is 1. The van der Waals surface area contributed by atoms with Crippen molar-refractivity contribution in [2.45, 2.75) is 66.0 Å². The van der Waals surface area contributed by atoms with Crippen LogP contribution in [0.5, 0.6) is 0 Å². The second-order valence-electron chi connectivity index (χ2n) is 6.23.